The molecule has 0 amide bonds. The first-order chi connectivity index (χ1) is 5.24. The first-order valence-corrected chi connectivity index (χ1v) is 3.21. The van der Waals surface area contributed by atoms with Crippen molar-refractivity contribution in [2.24, 2.45) is 5.16 Å². The van der Waals surface area contributed by atoms with Crippen LogP contribution < -0.4 is 0 Å². The van der Waals surface area contributed by atoms with Crippen LogP contribution in [0.5, 0.6) is 5.75 Å². The van der Waals surface area contributed by atoms with Gasteiger partial charge in [-0.1, -0.05) is 11.2 Å². The van der Waals surface area contributed by atoms with Crippen LogP contribution >= 0.6 is 0 Å². The quantitative estimate of drug-likeness (QED) is 0.317. The molecule has 0 aliphatic carbocycles. The van der Waals surface area contributed by atoms with Crippen LogP contribution in [0.4, 0.5) is 0 Å². The molecule has 0 atom stereocenters. The zero-order valence-corrected chi connectivity index (χ0v) is 7.61. The molecule has 0 unspecified atom stereocenters. The minimum atomic E-state index is 0. The molecule has 0 radical (unpaired) electrons. The first kappa shape index (κ1) is 11.0. The van der Waals surface area contributed by atoms with Crippen LogP contribution in [0.2, 0.25) is 0 Å². The van der Waals surface area contributed by atoms with Gasteiger partial charge in [-0.15, -0.1) is 0 Å². The van der Waals surface area contributed by atoms with Crippen molar-refractivity contribution in [3.63, 3.8) is 0 Å². The Morgan fingerprint density at radius 2 is 2.08 bits per heavy atom. The molecule has 0 bridgehead atoms. The summed E-state index contributed by atoms with van der Waals surface area (Å²) < 4.78 is 0. The number of nitrogens with zero attached hydrogens (tertiary/aromatic N) is 1. The molecule has 0 saturated heterocycles. The summed E-state index contributed by atoms with van der Waals surface area (Å²) in [6, 6.07) is 5.12. The van der Waals surface area contributed by atoms with E-state index in [1.807, 2.05) is 13.0 Å². The van der Waals surface area contributed by atoms with Crippen molar-refractivity contribution in [1.82, 2.24) is 0 Å². The van der Waals surface area contributed by atoms with Crippen molar-refractivity contribution in [2.75, 3.05) is 0 Å². The minimum absolute atomic E-state index is 0. The molecule has 0 heterocycles. The predicted molar refractivity (Wildman–Crippen MR) is 42.2 cm³/mol. The zero-order valence-electron chi connectivity index (χ0n) is 6.50. The topological polar surface area (TPSA) is 52.8 Å². The van der Waals surface area contributed by atoms with E-state index in [-0.39, 0.29) is 22.8 Å². The van der Waals surface area contributed by atoms with Crippen molar-refractivity contribution >= 4 is 6.21 Å². The molecule has 1 aromatic carbocycles. The average Bonchev–Trinajstić information content (AvgIpc) is 1.95. The fraction of sp³-hybridized carbons (Fsp3) is 0.125. The van der Waals surface area contributed by atoms with Gasteiger partial charge in [0.1, 0.15) is 5.75 Å². The fourth-order valence-electron chi connectivity index (χ4n) is 0.825. The Kier molecular flexibility index (Phi) is 4.40. The Morgan fingerprint density at radius 3 is 2.58 bits per heavy atom. The van der Waals surface area contributed by atoms with Crippen molar-refractivity contribution in [3.05, 3.63) is 29.3 Å². The van der Waals surface area contributed by atoms with Crippen molar-refractivity contribution in [3.8, 4) is 5.75 Å². The molecule has 0 aromatic heterocycles. The second-order valence-electron chi connectivity index (χ2n) is 2.31. The van der Waals surface area contributed by atoms with Crippen LogP contribution in [0.3, 0.4) is 0 Å². The van der Waals surface area contributed by atoms with Gasteiger partial charge < -0.3 is 10.3 Å². The summed E-state index contributed by atoms with van der Waals surface area (Å²) in [4.78, 5) is 0. The van der Waals surface area contributed by atoms with Gasteiger partial charge in [-0.25, -0.2) is 0 Å². The Bertz CT molecular complexity index is 286. The Hall–Kier alpha value is -0.991. The first-order valence-electron chi connectivity index (χ1n) is 3.21. The number of phenols is 1. The van der Waals surface area contributed by atoms with E-state index in [2.05, 4.69) is 5.16 Å². The van der Waals surface area contributed by atoms with E-state index in [1.54, 1.807) is 12.1 Å². The summed E-state index contributed by atoms with van der Waals surface area (Å²) in [5.41, 5.74) is 1.48. The molecule has 0 saturated carbocycles. The van der Waals surface area contributed by atoms with Gasteiger partial charge in [0.2, 0.25) is 0 Å². The van der Waals surface area contributed by atoms with E-state index >= 15 is 0 Å². The van der Waals surface area contributed by atoms with Gasteiger partial charge in [0, 0.05) is 22.6 Å². The minimum Gasteiger partial charge on any atom is -0.507 e. The van der Waals surface area contributed by atoms with Gasteiger partial charge in [-0.2, -0.15) is 0 Å². The zero-order chi connectivity index (χ0) is 8.27. The van der Waals surface area contributed by atoms with Crippen LogP contribution in [0.15, 0.2) is 23.4 Å². The second-order valence-corrected chi connectivity index (χ2v) is 2.31. The van der Waals surface area contributed by atoms with E-state index in [9.17, 15) is 5.11 Å². The molecule has 0 spiro atoms. The number of rotatable bonds is 1. The number of benzene rings is 1. The standard InChI is InChI=1S/C8H9NO2.Fe/c1-6-2-3-7(5-9-11)8(10)4-6;/h2-5,10-11H,1H3;. The summed E-state index contributed by atoms with van der Waals surface area (Å²) in [7, 11) is 0. The van der Waals surface area contributed by atoms with Gasteiger partial charge in [-0.3, -0.25) is 0 Å². The van der Waals surface area contributed by atoms with Gasteiger partial charge in [0.15, 0.2) is 0 Å². The van der Waals surface area contributed by atoms with E-state index in [0.29, 0.717) is 5.56 Å². The van der Waals surface area contributed by atoms with Gasteiger partial charge >= 0.3 is 0 Å². The Balaban J connectivity index is 0.00000121. The smallest absolute Gasteiger partial charge is 0.124 e. The molecule has 1 rings (SSSR count). The van der Waals surface area contributed by atoms with Crippen LogP contribution in [0.1, 0.15) is 11.1 Å². The number of hydrogen-bond acceptors (Lipinski definition) is 3. The average molecular weight is 207 g/mol. The molecule has 2 N–H and O–H groups in total. The molecule has 0 fully saturated rings. The van der Waals surface area contributed by atoms with E-state index < -0.39 is 0 Å². The summed E-state index contributed by atoms with van der Waals surface area (Å²) in [6.07, 6.45) is 1.19. The number of oxime groups is 1. The number of aromatic hydroxyl groups is 1. The predicted octanol–water partition coefficient (Wildman–Crippen LogP) is 1.51. The van der Waals surface area contributed by atoms with Gasteiger partial charge in [0.25, 0.3) is 0 Å². The molecule has 0 aliphatic rings. The summed E-state index contributed by atoms with van der Waals surface area (Å²) in [6.45, 7) is 1.87. The van der Waals surface area contributed by atoms with E-state index in [1.165, 1.54) is 6.21 Å². The molecule has 12 heavy (non-hydrogen) atoms. The molecular formula is C8H9FeNO2. The normalized spacial score (nSPS) is 9.75. The molecule has 1 aromatic rings. The van der Waals surface area contributed by atoms with E-state index in [0.717, 1.165) is 5.56 Å². The maximum Gasteiger partial charge on any atom is 0.124 e. The SMILES string of the molecule is Cc1ccc(C=NO)c(O)c1.[Fe]. The maximum absolute atomic E-state index is 9.22. The van der Waals surface area contributed by atoms with Crippen molar-refractivity contribution < 1.29 is 27.4 Å². The van der Waals surface area contributed by atoms with Crippen LogP contribution in [0.25, 0.3) is 0 Å². The third kappa shape index (κ3) is 2.57. The summed E-state index contributed by atoms with van der Waals surface area (Å²) in [5, 5.41) is 20.2. The second kappa shape index (κ2) is 4.80. The van der Waals surface area contributed by atoms with E-state index in [4.69, 9.17) is 5.21 Å². The monoisotopic (exact) mass is 207 g/mol. The van der Waals surface area contributed by atoms with Gasteiger partial charge in [-0.05, 0) is 24.6 Å². The van der Waals surface area contributed by atoms with Crippen LogP contribution in [-0.4, -0.2) is 16.5 Å². The third-order valence-corrected chi connectivity index (χ3v) is 1.38. The Labute approximate surface area is 81.2 Å². The molecule has 4 heteroatoms. The molecular weight excluding hydrogens is 198 g/mol. The summed E-state index contributed by atoms with van der Waals surface area (Å²) >= 11 is 0. The van der Waals surface area contributed by atoms with Crippen LogP contribution in [-0.2, 0) is 17.1 Å². The largest absolute Gasteiger partial charge is 0.507 e. The fourth-order valence-corrected chi connectivity index (χ4v) is 0.825. The number of hydrogen-bond donors (Lipinski definition) is 2. The van der Waals surface area contributed by atoms with Crippen molar-refractivity contribution in [2.45, 2.75) is 6.92 Å². The maximum atomic E-state index is 9.22. The third-order valence-electron chi connectivity index (χ3n) is 1.38. The molecule has 66 valence electrons. The van der Waals surface area contributed by atoms with Gasteiger partial charge in [0.05, 0.1) is 6.21 Å². The number of aryl methyl sites for hydroxylation is 1. The molecule has 0 aliphatic heterocycles. The van der Waals surface area contributed by atoms with Crippen LogP contribution in [0, 0.1) is 6.92 Å². The summed E-state index contributed by atoms with van der Waals surface area (Å²) in [5.74, 6) is 0.128. The Morgan fingerprint density at radius 1 is 1.42 bits per heavy atom. The van der Waals surface area contributed by atoms with Crippen molar-refractivity contribution in [1.29, 1.82) is 0 Å². The number of phenolic OH excluding ortho intramolecular Hbond substituents is 1. The molecule has 3 nitrogen and oxygen atoms in total.